The number of hydrogen-bond acceptors (Lipinski definition) is 8. The molecule has 11 nitrogen and oxygen atoms in total. The Morgan fingerprint density at radius 3 is 2.58 bits per heavy atom. The summed E-state index contributed by atoms with van der Waals surface area (Å²) >= 11 is 0. The zero-order valence-electron chi connectivity index (χ0n) is 21.7. The molecule has 2 aromatic rings. The van der Waals surface area contributed by atoms with Crippen LogP contribution in [0, 0.1) is 6.92 Å². The summed E-state index contributed by atoms with van der Waals surface area (Å²) in [6.45, 7) is 8.10. The minimum atomic E-state index is -3.60. The largest absolute Gasteiger partial charge is 0.388 e. The molecule has 12 heteroatoms. The van der Waals surface area contributed by atoms with E-state index in [0.29, 0.717) is 55.9 Å². The molecule has 2 fully saturated rings. The maximum atomic E-state index is 13.1. The van der Waals surface area contributed by atoms with Crippen molar-refractivity contribution in [1.29, 1.82) is 0 Å². The number of aliphatic hydroxyl groups is 1. The fourth-order valence-corrected chi connectivity index (χ4v) is 6.41. The van der Waals surface area contributed by atoms with Crippen LogP contribution in [0.2, 0.25) is 0 Å². The van der Waals surface area contributed by atoms with Crippen LogP contribution >= 0.6 is 0 Å². The summed E-state index contributed by atoms with van der Waals surface area (Å²) in [5, 5.41) is 15.0. The van der Waals surface area contributed by atoms with E-state index < -0.39 is 21.4 Å². The van der Waals surface area contributed by atoms with Crippen LogP contribution in [0.5, 0.6) is 0 Å². The van der Waals surface area contributed by atoms with Gasteiger partial charge in [0, 0.05) is 49.9 Å². The van der Waals surface area contributed by atoms with Gasteiger partial charge < -0.3 is 15.2 Å². The van der Waals surface area contributed by atoms with Crippen LogP contribution in [0.1, 0.15) is 64.5 Å². The summed E-state index contributed by atoms with van der Waals surface area (Å²) in [4.78, 5) is 22.3. The minimum Gasteiger partial charge on any atom is -0.388 e. The molecular formula is C24H38N6O5S. The summed E-state index contributed by atoms with van der Waals surface area (Å²) in [6.07, 6.45) is 5.06. The van der Waals surface area contributed by atoms with Gasteiger partial charge in [0.1, 0.15) is 5.65 Å². The molecule has 0 bridgehead atoms. The topological polar surface area (TPSA) is 139 Å². The lowest BCUT2D eigenvalue weighted by Crippen LogP contribution is -2.50. The lowest BCUT2D eigenvalue weighted by Gasteiger charge is -2.33. The fourth-order valence-electron chi connectivity index (χ4n) is 5.01. The average Bonchev–Trinajstić information content (AvgIpc) is 3.18. The Morgan fingerprint density at radius 1 is 1.28 bits per heavy atom. The van der Waals surface area contributed by atoms with Gasteiger partial charge in [-0.1, -0.05) is 0 Å². The summed E-state index contributed by atoms with van der Waals surface area (Å²) in [6, 6.07) is 1.42. The number of methoxy groups -OCH3 is 1. The summed E-state index contributed by atoms with van der Waals surface area (Å²) < 4.78 is 36.4. The Kier molecular flexibility index (Phi) is 7.46. The molecule has 2 aliphatic rings. The van der Waals surface area contributed by atoms with Gasteiger partial charge in [-0.05, 0) is 65.9 Å². The Bertz CT molecular complexity index is 1270. The molecule has 36 heavy (non-hydrogen) atoms. The molecule has 2 aromatic heterocycles. The molecular weight excluding hydrogens is 484 g/mol. The summed E-state index contributed by atoms with van der Waals surface area (Å²) in [7, 11) is -2.05. The highest BCUT2D eigenvalue weighted by Gasteiger charge is 2.39. The van der Waals surface area contributed by atoms with Crippen LogP contribution in [0.3, 0.4) is 0 Å². The molecule has 3 heterocycles. The number of aryl methyl sites for hydroxylation is 1. The van der Waals surface area contributed by atoms with E-state index in [2.05, 4.69) is 20.0 Å². The monoisotopic (exact) mass is 522 g/mol. The Morgan fingerprint density at radius 2 is 1.97 bits per heavy atom. The molecule has 2 atom stereocenters. The van der Waals surface area contributed by atoms with Crippen molar-refractivity contribution in [1.82, 2.24) is 23.6 Å². The maximum absolute atomic E-state index is 13.1. The number of hydrogen-bond donors (Lipinski definition) is 3. The minimum absolute atomic E-state index is 0.00970. The number of rotatable bonds is 8. The third-order valence-corrected chi connectivity index (χ3v) is 9.06. The highest BCUT2D eigenvalue weighted by atomic mass is 32.2. The van der Waals surface area contributed by atoms with E-state index in [0.717, 1.165) is 11.8 Å². The number of piperidine rings is 1. The first-order valence-corrected chi connectivity index (χ1v) is 13.9. The average molecular weight is 523 g/mol. The van der Waals surface area contributed by atoms with Crippen molar-refractivity contribution in [3.8, 4) is 0 Å². The molecule has 1 saturated carbocycles. The van der Waals surface area contributed by atoms with Crippen molar-refractivity contribution in [2.75, 3.05) is 32.1 Å². The quantitative estimate of drug-likeness (QED) is 0.476. The lowest BCUT2D eigenvalue weighted by atomic mass is 9.99. The van der Waals surface area contributed by atoms with Gasteiger partial charge in [-0.2, -0.15) is 22.4 Å². The number of pyridine rings is 1. The highest BCUT2D eigenvalue weighted by Crippen LogP contribution is 2.39. The van der Waals surface area contributed by atoms with E-state index in [-0.39, 0.29) is 24.2 Å². The van der Waals surface area contributed by atoms with E-state index >= 15 is 0 Å². The number of nitrogens with one attached hydrogen (secondary N) is 2. The third kappa shape index (κ3) is 5.57. The van der Waals surface area contributed by atoms with Crippen molar-refractivity contribution in [2.45, 2.75) is 83.1 Å². The van der Waals surface area contributed by atoms with Gasteiger partial charge in [0.05, 0.1) is 17.2 Å². The number of fused-ring (bicyclic) bond motifs is 1. The second-order valence-electron chi connectivity index (χ2n) is 10.8. The predicted molar refractivity (Wildman–Crippen MR) is 138 cm³/mol. The van der Waals surface area contributed by atoms with Gasteiger partial charge in [0.2, 0.25) is 5.95 Å². The van der Waals surface area contributed by atoms with Gasteiger partial charge in [0.25, 0.3) is 15.8 Å². The molecule has 0 aromatic carbocycles. The van der Waals surface area contributed by atoms with Crippen molar-refractivity contribution in [3.63, 3.8) is 0 Å². The summed E-state index contributed by atoms with van der Waals surface area (Å²) in [5.41, 5.74) is -0.632. The van der Waals surface area contributed by atoms with Crippen LogP contribution in [-0.4, -0.2) is 76.4 Å². The van der Waals surface area contributed by atoms with Crippen molar-refractivity contribution in [2.24, 2.45) is 0 Å². The molecule has 0 radical (unpaired) electrons. The molecule has 3 N–H and O–H groups in total. The van der Waals surface area contributed by atoms with Gasteiger partial charge in [0.15, 0.2) is 0 Å². The van der Waals surface area contributed by atoms with E-state index in [9.17, 15) is 18.3 Å². The van der Waals surface area contributed by atoms with E-state index in [1.165, 1.54) is 4.31 Å². The Balaban J connectivity index is 1.49. The Labute approximate surface area is 212 Å². The van der Waals surface area contributed by atoms with E-state index in [1.54, 1.807) is 37.8 Å². The second kappa shape index (κ2) is 9.97. The number of anilines is 1. The standard InChI is InChI=1S/C24H38N6O5S/c1-16-13-17-14-25-22(28-20(17)30(21(16)31)19-7-6-10-24(19,4)32)27-18-8-11-29(12-9-18)36(33,34)26-15-23(2,3)35-5/h13-14,18-19,26,32H,6-12,15H2,1-5H3,(H,25,27,28)/t19-,24-/m1/s1. The van der Waals surface area contributed by atoms with E-state index in [4.69, 9.17) is 4.74 Å². The summed E-state index contributed by atoms with van der Waals surface area (Å²) in [5.74, 6) is 0.387. The first-order chi connectivity index (χ1) is 16.8. The predicted octanol–water partition coefficient (Wildman–Crippen LogP) is 1.71. The highest BCUT2D eigenvalue weighted by molar-refractivity contribution is 7.87. The SMILES string of the molecule is COC(C)(C)CNS(=O)(=O)N1CCC(Nc2ncc3cc(C)c(=O)n([C@@H]4CCC[C@@]4(C)O)c3n2)CC1. The second-order valence-corrected chi connectivity index (χ2v) is 12.6. The number of nitrogens with zero attached hydrogens (tertiary/aromatic N) is 4. The molecule has 1 aliphatic carbocycles. The maximum Gasteiger partial charge on any atom is 0.279 e. The van der Waals surface area contributed by atoms with Gasteiger partial charge in [-0.25, -0.2) is 4.98 Å². The molecule has 0 unspecified atom stereocenters. The van der Waals surface area contributed by atoms with Crippen LogP contribution < -0.4 is 15.6 Å². The van der Waals surface area contributed by atoms with Crippen LogP contribution in [-0.2, 0) is 14.9 Å². The molecule has 0 spiro atoms. The lowest BCUT2D eigenvalue weighted by molar-refractivity contribution is 0.0265. The van der Waals surface area contributed by atoms with Crippen molar-refractivity contribution in [3.05, 3.63) is 28.2 Å². The molecule has 1 aliphatic heterocycles. The van der Waals surface area contributed by atoms with Crippen molar-refractivity contribution >= 4 is 27.2 Å². The smallest absolute Gasteiger partial charge is 0.279 e. The van der Waals surface area contributed by atoms with Crippen LogP contribution in [0.4, 0.5) is 5.95 Å². The first-order valence-electron chi connectivity index (χ1n) is 12.5. The van der Waals surface area contributed by atoms with Gasteiger partial charge >= 0.3 is 0 Å². The third-order valence-electron chi connectivity index (χ3n) is 7.50. The molecule has 200 valence electrons. The zero-order valence-corrected chi connectivity index (χ0v) is 22.6. The Hall–Kier alpha value is -2.12. The molecule has 4 rings (SSSR count). The zero-order chi connectivity index (χ0) is 26.3. The molecule has 0 amide bonds. The van der Waals surface area contributed by atoms with Crippen LogP contribution in [0.15, 0.2) is 17.1 Å². The van der Waals surface area contributed by atoms with Crippen LogP contribution in [0.25, 0.3) is 11.0 Å². The number of aromatic nitrogens is 3. The van der Waals surface area contributed by atoms with Gasteiger partial charge in [-0.15, -0.1) is 0 Å². The normalized spacial score (nSPS) is 24.4. The van der Waals surface area contributed by atoms with Gasteiger partial charge in [-0.3, -0.25) is 9.36 Å². The molecule has 1 saturated heterocycles. The van der Waals surface area contributed by atoms with Crippen molar-refractivity contribution < 1.29 is 18.3 Å². The first kappa shape index (κ1) is 26.9. The fraction of sp³-hybridized carbons (Fsp3) is 0.708. The number of ether oxygens (including phenoxy) is 1. The van der Waals surface area contributed by atoms with E-state index in [1.807, 2.05) is 13.8 Å².